The first-order chi connectivity index (χ1) is 8.43. The van der Waals surface area contributed by atoms with Gasteiger partial charge in [0.05, 0.1) is 11.4 Å². The Morgan fingerprint density at radius 1 is 1.29 bits per heavy atom. The molecule has 4 nitrogen and oxygen atoms in total. The summed E-state index contributed by atoms with van der Waals surface area (Å²) in [5.74, 6) is 1.42. The van der Waals surface area contributed by atoms with Crippen molar-refractivity contribution in [2.75, 3.05) is 13.1 Å². The van der Waals surface area contributed by atoms with Gasteiger partial charge in [0.1, 0.15) is 5.82 Å². The van der Waals surface area contributed by atoms with Crippen molar-refractivity contribution in [3.63, 3.8) is 0 Å². The van der Waals surface area contributed by atoms with E-state index in [1.165, 1.54) is 12.8 Å². The van der Waals surface area contributed by atoms with Crippen molar-refractivity contribution in [2.24, 2.45) is 0 Å². The number of nitrogens with zero attached hydrogens (tertiary/aromatic N) is 2. The van der Waals surface area contributed by atoms with E-state index in [0.717, 1.165) is 30.3 Å². The molecule has 0 aliphatic carbocycles. The molecule has 17 heavy (non-hydrogen) atoms. The van der Waals surface area contributed by atoms with E-state index in [1.54, 1.807) is 0 Å². The Bertz CT molecular complexity index is 472. The van der Waals surface area contributed by atoms with Gasteiger partial charge < -0.3 is 10.3 Å². The topological polar surface area (TPSA) is 53.6 Å². The third kappa shape index (κ3) is 2.22. The van der Waals surface area contributed by atoms with E-state index in [4.69, 9.17) is 0 Å². The summed E-state index contributed by atoms with van der Waals surface area (Å²) >= 11 is 0. The van der Waals surface area contributed by atoms with Crippen molar-refractivity contribution in [1.29, 1.82) is 0 Å². The summed E-state index contributed by atoms with van der Waals surface area (Å²) in [4.78, 5) is 12.2. The maximum Gasteiger partial charge on any atom is 0.133 e. The fourth-order valence-electron chi connectivity index (χ4n) is 2.28. The van der Waals surface area contributed by atoms with Gasteiger partial charge in [0.15, 0.2) is 0 Å². The van der Waals surface area contributed by atoms with Crippen LogP contribution in [0.25, 0.3) is 11.4 Å². The lowest BCUT2D eigenvalue weighted by Gasteiger charge is -2.21. The maximum atomic E-state index is 4.66. The molecular weight excluding hydrogens is 212 g/mol. The number of nitrogens with one attached hydrogen (secondary N) is 2. The van der Waals surface area contributed by atoms with Crippen molar-refractivity contribution in [1.82, 2.24) is 20.3 Å². The van der Waals surface area contributed by atoms with Crippen LogP contribution in [0, 0.1) is 0 Å². The summed E-state index contributed by atoms with van der Waals surface area (Å²) in [6, 6.07) is 5.97. The van der Waals surface area contributed by atoms with Gasteiger partial charge in [0.25, 0.3) is 0 Å². The minimum atomic E-state index is 0.457. The molecule has 2 N–H and O–H groups in total. The number of rotatable bonds is 2. The number of hydrogen-bond donors (Lipinski definition) is 2. The van der Waals surface area contributed by atoms with Crippen LogP contribution in [0.4, 0.5) is 0 Å². The fraction of sp³-hybridized carbons (Fsp3) is 0.385. The Hall–Kier alpha value is -1.68. The molecule has 4 heteroatoms. The molecule has 1 aliphatic rings. The molecule has 0 amide bonds. The molecule has 2 aromatic heterocycles. The van der Waals surface area contributed by atoms with Gasteiger partial charge in [-0.25, -0.2) is 9.97 Å². The van der Waals surface area contributed by atoms with Crippen LogP contribution in [0.5, 0.6) is 0 Å². The molecule has 1 atom stereocenters. The van der Waals surface area contributed by atoms with Crippen LogP contribution in [-0.2, 0) is 0 Å². The minimum Gasteiger partial charge on any atom is -0.360 e. The van der Waals surface area contributed by atoms with Gasteiger partial charge in [-0.1, -0.05) is 0 Å². The lowest BCUT2D eigenvalue weighted by Crippen LogP contribution is -2.29. The van der Waals surface area contributed by atoms with Crippen LogP contribution < -0.4 is 5.32 Å². The third-order valence-electron chi connectivity index (χ3n) is 3.21. The van der Waals surface area contributed by atoms with Gasteiger partial charge in [0, 0.05) is 24.9 Å². The Morgan fingerprint density at radius 2 is 2.29 bits per heavy atom. The van der Waals surface area contributed by atoms with Gasteiger partial charge in [-0.2, -0.15) is 0 Å². The molecular formula is C13H16N4. The zero-order valence-electron chi connectivity index (χ0n) is 9.69. The van der Waals surface area contributed by atoms with E-state index >= 15 is 0 Å². The maximum absolute atomic E-state index is 4.66. The Labute approximate surface area is 101 Å². The van der Waals surface area contributed by atoms with Crippen LogP contribution in [0.1, 0.15) is 24.6 Å². The number of aromatic amines is 1. The predicted molar refractivity (Wildman–Crippen MR) is 66.7 cm³/mol. The predicted octanol–water partition coefficient (Wildman–Crippen LogP) is 1.94. The SMILES string of the molecule is c1c[nH]c(-c2ccnc(C3CCCNC3)n2)c1. The van der Waals surface area contributed by atoms with E-state index in [0.29, 0.717) is 5.92 Å². The van der Waals surface area contributed by atoms with Gasteiger partial charge in [-0.3, -0.25) is 0 Å². The first-order valence-corrected chi connectivity index (χ1v) is 6.11. The van der Waals surface area contributed by atoms with Crippen molar-refractivity contribution < 1.29 is 0 Å². The summed E-state index contributed by atoms with van der Waals surface area (Å²) in [5, 5.41) is 3.40. The van der Waals surface area contributed by atoms with Crippen molar-refractivity contribution in [2.45, 2.75) is 18.8 Å². The lowest BCUT2D eigenvalue weighted by atomic mass is 9.99. The molecule has 2 aromatic rings. The molecule has 0 saturated carbocycles. The van der Waals surface area contributed by atoms with Gasteiger partial charge in [0.2, 0.25) is 0 Å². The fourth-order valence-corrected chi connectivity index (χ4v) is 2.28. The largest absolute Gasteiger partial charge is 0.360 e. The molecule has 0 aromatic carbocycles. The first kappa shape index (κ1) is 10.5. The summed E-state index contributed by atoms with van der Waals surface area (Å²) in [6.45, 7) is 2.11. The summed E-state index contributed by atoms with van der Waals surface area (Å²) in [7, 11) is 0. The Morgan fingerprint density at radius 3 is 3.06 bits per heavy atom. The normalized spacial score (nSPS) is 20.4. The highest BCUT2D eigenvalue weighted by Crippen LogP contribution is 2.22. The molecule has 0 bridgehead atoms. The third-order valence-corrected chi connectivity index (χ3v) is 3.21. The second-order valence-electron chi connectivity index (χ2n) is 4.43. The van der Waals surface area contributed by atoms with Gasteiger partial charge >= 0.3 is 0 Å². The average molecular weight is 228 g/mol. The molecule has 1 saturated heterocycles. The zero-order chi connectivity index (χ0) is 11.5. The second kappa shape index (κ2) is 4.67. The molecule has 88 valence electrons. The van der Waals surface area contributed by atoms with Crippen molar-refractivity contribution >= 4 is 0 Å². The lowest BCUT2D eigenvalue weighted by molar-refractivity contribution is 0.446. The van der Waals surface area contributed by atoms with E-state index in [-0.39, 0.29) is 0 Å². The highest BCUT2D eigenvalue weighted by molar-refractivity contribution is 5.53. The summed E-state index contributed by atoms with van der Waals surface area (Å²) < 4.78 is 0. The average Bonchev–Trinajstić information content (AvgIpc) is 2.94. The monoisotopic (exact) mass is 228 g/mol. The van der Waals surface area contributed by atoms with Crippen molar-refractivity contribution in [3.8, 4) is 11.4 Å². The molecule has 3 heterocycles. The second-order valence-corrected chi connectivity index (χ2v) is 4.43. The van der Waals surface area contributed by atoms with Crippen LogP contribution in [-0.4, -0.2) is 28.0 Å². The Kier molecular flexibility index (Phi) is 2.88. The number of piperidine rings is 1. The standard InChI is InChI=1S/C13H16N4/c1-3-10(9-14-6-1)13-16-8-5-12(17-13)11-4-2-7-15-11/h2,4-5,7-8,10,14-15H,1,3,6,9H2. The van der Waals surface area contributed by atoms with E-state index in [9.17, 15) is 0 Å². The quantitative estimate of drug-likeness (QED) is 0.826. The smallest absolute Gasteiger partial charge is 0.133 e. The van der Waals surface area contributed by atoms with Crippen molar-refractivity contribution in [3.05, 3.63) is 36.4 Å². The molecule has 3 rings (SSSR count). The van der Waals surface area contributed by atoms with Crippen LogP contribution in [0.15, 0.2) is 30.6 Å². The number of aromatic nitrogens is 3. The van der Waals surface area contributed by atoms with E-state index in [1.807, 2.05) is 30.6 Å². The number of hydrogen-bond acceptors (Lipinski definition) is 3. The molecule has 1 unspecified atom stereocenters. The van der Waals surface area contributed by atoms with Gasteiger partial charge in [-0.15, -0.1) is 0 Å². The zero-order valence-corrected chi connectivity index (χ0v) is 9.69. The molecule has 0 spiro atoms. The Balaban J connectivity index is 1.88. The molecule has 0 radical (unpaired) electrons. The first-order valence-electron chi connectivity index (χ1n) is 6.11. The van der Waals surface area contributed by atoms with Crippen LogP contribution in [0.2, 0.25) is 0 Å². The van der Waals surface area contributed by atoms with Crippen LogP contribution in [0.3, 0.4) is 0 Å². The van der Waals surface area contributed by atoms with E-state index < -0.39 is 0 Å². The highest BCUT2D eigenvalue weighted by Gasteiger charge is 2.18. The summed E-state index contributed by atoms with van der Waals surface area (Å²) in [5.41, 5.74) is 2.03. The molecule has 1 fully saturated rings. The van der Waals surface area contributed by atoms with Crippen LogP contribution >= 0.6 is 0 Å². The summed E-state index contributed by atoms with van der Waals surface area (Å²) in [6.07, 6.45) is 6.16. The highest BCUT2D eigenvalue weighted by atomic mass is 14.9. The van der Waals surface area contributed by atoms with Gasteiger partial charge in [-0.05, 0) is 37.6 Å². The molecule has 1 aliphatic heterocycles. The number of H-pyrrole nitrogens is 1. The minimum absolute atomic E-state index is 0.457. The van der Waals surface area contributed by atoms with E-state index in [2.05, 4.69) is 20.3 Å².